The molecule has 2 rings (SSSR count). The molecule has 0 saturated heterocycles. The molecule has 1 aromatic carbocycles. The number of hydrogen-bond acceptors (Lipinski definition) is 2. The van der Waals surface area contributed by atoms with Crippen molar-refractivity contribution in [2.75, 3.05) is 11.9 Å². The molecule has 19 heavy (non-hydrogen) atoms. The van der Waals surface area contributed by atoms with Crippen molar-refractivity contribution < 1.29 is 4.79 Å². The molecule has 0 aliphatic heterocycles. The van der Waals surface area contributed by atoms with E-state index in [9.17, 15) is 4.79 Å². The Morgan fingerprint density at radius 2 is 2.32 bits per heavy atom. The molecule has 0 spiro atoms. The van der Waals surface area contributed by atoms with Crippen LogP contribution in [0.1, 0.15) is 0 Å². The summed E-state index contributed by atoms with van der Waals surface area (Å²) in [5.74, 6) is 0. The fourth-order valence-corrected chi connectivity index (χ4v) is 2.00. The maximum Gasteiger partial charge on any atom is 0.319 e. The minimum absolute atomic E-state index is 0.270. The second-order valence-electron chi connectivity index (χ2n) is 3.81. The van der Waals surface area contributed by atoms with Gasteiger partial charge in [-0.05, 0) is 34.1 Å². The van der Waals surface area contributed by atoms with Crippen LogP contribution in [0.3, 0.4) is 0 Å². The highest BCUT2D eigenvalue weighted by Gasteiger charge is 2.02. The summed E-state index contributed by atoms with van der Waals surface area (Å²) < 4.78 is 2.65. The van der Waals surface area contributed by atoms with E-state index in [1.165, 1.54) is 0 Å². The molecule has 0 saturated carbocycles. The first kappa shape index (κ1) is 13.9. The van der Waals surface area contributed by atoms with Gasteiger partial charge in [0.25, 0.3) is 0 Å². The second kappa shape index (κ2) is 6.58. The van der Waals surface area contributed by atoms with Crippen molar-refractivity contribution in [3.8, 4) is 0 Å². The smallest absolute Gasteiger partial charge is 0.319 e. The fourth-order valence-electron chi connectivity index (χ4n) is 1.49. The number of nitrogens with one attached hydrogen (secondary N) is 2. The average molecular weight is 344 g/mol. The van der Waals surface area contributed by atoms with Crippen molar-refractivity contribution in [3.05, 3.63) is 46.2 Å². The largest absolute Gasteiger partial charge is 0.336 e. The molecule has 1 heterocycles. The number of carbonyl (C=O) groups excluding carboxylic acids is 1. The molecule has 0 unspecified atom stereocenters. The Hall–Kier alpha value is -1.53. The van der Waals surface area contributed by atoms with Crippen LogP contribution in [-0.2, 0) is 6.54 Å². The van der Waals surface area contributed by atoms with Crippen molar-refractivity contribution in [3.63, 3.8) is 0 Å². The summed E-state index contributed by atoms with van der Waals surface area (Å²) >= 11 is 9.14. The van der Waals surface area contributed by atoms with Gasteiger partial charge in [0.15, 0.2) is 0 Å². The van der Waals surface area contributed by atoms with Crippen LogP contribution in [0.5, 0.6) is 0 Å². The third kappa shape index (κ3) is 4.57. The zero-order valence-corrected chi connectivity index (χ0v) is 12.3. The fraction of sp³-hybridized carbons (Fsp3) is 0.167. The number of hydrogen-bond donors (Lipinski definition) is 2. The van der Waals surface area contributed by atoms with E-state index in [0.717, 1.165) is 4.47 Å². The van der Waals surface area contributed by atoms with Gasteiger partial charge in [0, 0.05) is 23.5 Å². The zero-order chi connectivity index (χ0) is 13.7. The van der Waals surface area contributed by atoms with E-state index in [0.29, 0.717) is 23.8 Å². The molecule has 1 aromatic heterocycles. The highest BCUT2D eigenvalue weighted by molar-refractivity contribution is 9.10. The maximum atomic E-state index is 11.6. The molecule has 0 radical (unpaired) electrons. The monoisotopic (exact) mass is 342 g/mol. The highest BCUT2D eigenvalue weighted by Crippen LogP contribution is 2.14. The van der Waals surface area contributed by atoms with E-state index >= 15 is 0 Å². The Morgan fingerprint density at radius 1 is 1.47 bits per heavy atom. The second-order valence-corrected chi connectivity index (χ2v) is 5.16. The number of anilines is 1. The van der Waals surface area contributed by atoms with Crippen LogP contribution in [0, 0.1) is 0 Å². The lowest BCUT2D eigenvalue weighted by molar-refractivity contribution is 0.251. The third-order valence-electron chi connectivity index (χ3n) is 2.31. The summed E-state index contributed by atoms with van der Waals surface area (Å²) in [4.78, 5) is 11.6. The predicted molar refractivity (Wildman–Crippen MR) is 78.4 cm³/mol. The minimum Gasteiger partial charge on any atom is -0.336 e. The Labute approximate surface area is 124 Å². The number of aromatic nitrogens is 2. The molecule has 100 valence electrons. The average Bonchev–Trinajstić information content (AvgIpc) is 2.75. The van der Waals surface area contributed by atoms with Crippen LogP contribution in [0.15, 0.2) is 41.1 Å². The number of urea groups is 1. The van der Waals surface area contributed by atoms with Gasteiger partial charge < -0.3 is 10.6 Å². The van der Waals surface area contributed by atoms with Crippen LogP contribution in [-0.4, -0.2) is 22.4 Å². The normalized spacial score (nSPS) is 10.2. The van der Waals surface area contributed by atoms with E-state index in [1.54, 1.807) is 35.1 Å². The standard InChI is InChI=1S/C12H12BrClN4O/c13-9-7-16-18(8-9)5-4-15-12(19)17-11-3-1-2-10(14)6-11/h1-3,6-8H,4-5H2,(H2,15,17,19). The Bertz CT molecular complexity index is 572. The number of rotatable bonds is 4. The molecule has 2 aromatic rings. The van der Waals surface area contributed by atoms with E-state index in [-0.39, 0.29) is 6.03 Å². The highest BCUT2D eigenvalue weighted by atomic mass is 79.9. The first-order chi connectivity index (χ1) is 9.13. The lowest BCUT2D eigenvalue weighted by atomic mass is 10.3. The topological polar surface area (TPSA) is 59.0 Å². The molecule has 7 heteroatoms. The summed E-state index contributed by atoms with van der Waals surface area (Å²) in [5, 5.41) is 10.1. The van der Waals surface area contributed by atoms with E-state index < -0.39 is 0 Å². The summed E-state index contributed by atoms with van der Waals surface area (Å²) in [6, 6.07) is 6.72. The molecule has 2 amide bonds. The summed E-state index contributed by atoms with van der Waals surface area (Å²) in [7, 11) is 0. The maximum absolute atomic E-state index is 11.6. The van der Waals surface area contributed by atoms with Gasteiger partial charge in [-0.2, -0.15) is 5.10 Å². The molecule has 0 bridgehead atoms. The van der Waals surface area contributed by atoms with Crippen molar-refractivity contribution in [1.82, 2.24) is 15.1 Å². The lowest BCUT2D eigenvalue weighted by Crippen LogP contribution is -2.31. The van der Waals surface area contributed by atoms with Gasteiger partial charge in [0.05, 0.1) is 17.2 Å². The third-order valence-corrected chi connectivity index (χ3v) is 2.96. The number of nitrogens with zero attached hydrogens (tertiary/aromatic N) is 2. The van der Waals surface area contributed by atoms with Gasteiger partial charge >= 0.3 is 6.03 Å². The van der Waals surface area contributed by atoms with Crippen LogP contribution in [0.25, 0.3) is 0 Å². The van der Waals surface area contributed by atoms with Crippen LogP contribution < -0.4 is 10.6 Å². The lowest BCUT2D eigenvalue weighted by Gasteiger charge is -2.07. The van der Waals surface area contributed by atoms with E-state index in [1.807, 2.05) is 6.20 Å². The summed E-state index contributed by atoms with van der Waals surface area (Å²) in [6.45, 7) is 1.09. The first-order valence-electron chi connectivity index (χ1n) is 5.62. The molecule has 5 nitrogen and oxygen atoms in total. The Balaban J connectivity index is 1.76. The molecule has 0 aliphatic carbocycles. The van der Waals surface area contributed by atoms with Crippen LogP contribution >= 0.6 is 27.5 Å². The number of amides is 2. The Morgan fingerprint density at radius 3 is 3.00 bits per heavy atom. The van der Waals surface area contributed by atoms with E-state index in [2.05, 4.69) is 31.7 Å². The van der Waals surface area contributed by atoms with Gasteiger partial charge in [-0.15, -0.1) is 0 Å². The van der Waals surface area contributed by atoms with Crippen LogP contribution in [0.4, 0.5) is 10.5 Å². The van der Waals surface area contributed by atoms with Crippen molar-refractivity contribution in [2.45, 2.75) is 6.54 Å². The van der Waals surface area contributed by atoms with Crippen LogP contribution in [0.2, 0.25) is 5.02 Å². The number of carbonyl (C=O) groups is 1. The predicted octanol–water partition coefficient (Wildman–Crippen LogP) is 3.12. The molecule has 0 aliphatic rings. The zero-order valence-electron chi connectivity index (χ0n) is 9.94. The Kier molecular flexibility index (Phi) is 4.81. The molecular formula is C12H12BrClN4O. The SMILES string of the molecule is O=C(NCCn1cc(Br)cn1)Nc1cccc(Cl)c1. The van der Waals surface area contributed by atoms with E-state index in [4.69, 9.17) is 11.6 Å². The van der Waals surface area contributed by atoms with Crippen molar-refractivity contribution >= 4 is 39.2 Å². The molecular weight excluding hydrogens is 332 g/mol. The van der Waals surface area contributed by atoms with Gasteiger partial charge in [0.2, 0.25) is 0 Å². The minimum atomic E-state index is -0.270. The summed E-state index contributed by atoms with van der Waals surface area (Å²) in [6.07, 6.45) is 3.54. The molecule has 0 fully saturated rings. The first-order valence-corrected chi connectivity index (χ1v) is 6.79. The van der Waals surface area contributed by atoms with Crippen molar-refractivity contribution in [1.29, 1.82) is 0 Å². The summed E-state index contributed by atoms with van der Waals surface area (Å²) in [5.41, 5.74) is 0.659. The quantitative estimate of drug-likeness (QED) is 0.896. The van der Waals surface area contributed by atoms with Gasteiger partial charge in [-0.25, -0.2) is 4.79 Å². The van der Waals surface area contributed by atoms with Gasteiger partial charge in [0.1, 0.15) is 0 Å². The van der Waals surface area contributed by atoms with Gasteiger partial charge in [-0.1, -0.05) is 17.7 Å². The van der Waals surface area contributed by atoms with Gasteiger partial charge in [-0.3, -0.25) is 4.68 Å². The molecule has 2 N–H and O–H groups in total. The number of halogens is 2. The van der Waals surface area contributed by atoms with Crippen molar-refractivity contribution in [2.24, 2.45) is 0 Å². The number of benzene rings is 1. The molecule has 0 atom stereocenters.